The summed E-state index contributed by atoms with van der Waals surface area (Å²) in [5.41, 5.74) is 6.65. The fourth-order valence-electron chi connectivity index (χ4n) is 1.33. The third-order valence-electron chi connectivity index (χ3n) is 2.49. The molecule has 2 N–H and O–H groups in total. The molecule has 1 aromatic heterocycles. The van der Waals surface area contributed by atoms with Crippen LogP contribution in [-0.4, -0.2) is 18.6 Å². The predicted octanol–water partition coefficient (Wildman–Crippen LogP) is 2.15. The van der Waals surface area contributed by atoms with E-state index in [1.807, 2.05) is 18.3 Å². The Balaban J connectivity index is 2.60. The Morgan fingerprint density at radius 1 is 1.50 bits per heavy atom. The van der Waals surface area contributed by atoms with Gasteiger partial charge < -0.3 is 10.6 Å². The summed E-state index contributed by atoms with van der Waals surface area (Å²) in [6.45, 7) is 5.52. The van der Waals surface area contributed by atoms with Crippen molar-refractivity contribution in [3.63, 3.8) is 0 Å². The van der Waals surface area contributed by atoms with E-state index in [4.69, 9.17) is 5.73 Å². The average Bonchev–Trinajstić information content (AvgIpc) is 2.18. The number of nitrogens with two attached hydrogens (primary N) is 1. The Bertz CT molecular complexity index is 268. The summed E-state index contributed by atoms with van der Waals surface area (Å²) in [6.07, 6.45) is 3.02. The maximum Gasteiger partial charge on any atom is 0.123 e. The molecular weight excluding hydrogens is 174 g/mol. The molecule has 0 saturated heterocycles. The van der Waals surface area contributed by atoms with Crippen LogP contribution in [0.25, 0.3) is 0 Å². The van der Waals surface area contributed by atoms with Gasteiger partial charge in [0.1, 0.15) is 5.82 Å². The van der Waals surface area contributed by atoms with Gasteiger partial charge in [0.25, 0.3) is 0 Å². The fraction of sp³-hybridized carbons (Fsp3) is 0.545. The van der Waals surface area contributed by atoms with Crippen LogP contribution in [0, 0.1) is 5.92 Å². The van der Waals surface area contributed by atoms with Crippen molar-refractivity contribution in [1.29, 1.82) is 0 Å². The summed E-state index contributed by atoms with van der Waals surface area (Å²) in [5.74, 6) is 1.28. The van der Waals surface area contributed by atoms with Gasteiger partial charge in [0.15, 0.2) is 0 Å². The van der Waals surface area contributed by atoms with Gasteiger partial charge >= 0.3 is 0 Å². The molecule has 1 aromatic rings. The van der Waals surface area contributed by atoms with E-state index < -0.39 is 0 Å². The van der Waals surface area contributed by atoms with Gasteiger partial charge in [-0.05, 0) is 18.1 Å². The maximum absolute atomic E-state index is 5.52. The number of pyridine rings is 1. The highest BCUT2D eigenvalue weighted by atomic mass is 15.1. The van der Waals surface area contributed by atoms with Crippen LogP contribution in [-0.2, 0) is 0 Å². The zero-order chi connectivity index (χ0) is 10.6. The molecule has 1 unspecified atom stereocenters. The van der Waals surface area contributed by atoms with Crippen LogP contribution in [0.15, 0.2) is 18.3 Å². The van der Waals surface area contributed by atoms with Gasteiger partial charge in [-0.1, -0.05) is 20.3 Å². The van der Waals surface area contributed by atoms with Gasteiger partial charge in [-0.3, -0.25) is 0 Å². The van der Waals surface area contributed by atoms with Crippen molar-refractivity contribution in [3.05, 3.63) is 18.3 Å². The van der Waals surface area contributed by atoms with Crippen LogP contribution < -0.4 is 10.6 Å². The van der Waals surface area contributed by atoms with Gasteiger partial charge in [0.2, 0.25) is 0 Å². The van der Waals surface area contributed by atoms with Gasteiger partial charge in [0, 0.05) is 13.6 Å². The zero-order valence-electron chi connectivity index (χ0n) is 9.20. The lowest BCUT2D eigenvalue weighted by Gasteiger charge is -2.22. The third-order valence-corrected chi connectivity index (χ3v) is 2.49. The van der Waals surface area contributed by atoms with E-state index in [-0.39, 0.29) is 0 Å². The Hall–Kier alpha value is -1.25. The second kappa shape index (κ2) is 4.84. The lowest BCUT2D eigenvalue weighted by Crippen LogP contribution is -2.23. The number of anilines is 2. The largest absolute Gasteiger partial charge is 0.384 e. The van der Waals surface area contributed by atoms with Gasteiger partial charge in [0.05, 0.1) is 11.9 Å². The molecule has 0 aliphatic carbocycles. The Morgan fingerprint density at radius 3 is 2.71 bits per heavy atom. The molecule has 0 fully saturated rings. The molecule has 0 radical (unpaired) electrons. The predicted molar refractivity (Wildman–Crippen MR) is 61.4 cm³/mol. The fourth-order valence-corrected chi connectivity index (χ4v) is 1.33. The van der Waals surface area contributed by atoms with Crippen molar-refractivity contribution in [2.45, 2.75) is 20.3 Å². The topological polar surface area (TPSA) is 42.1 Å². The molecule has 0 saturated carbocycles. The Labute approximate surface area is 85.9 Å². The summed E-state index contributed by atoms with van der Waals surface area (Å²) in [6, 6.07) is 3.84. The van der Waals surface area contributed by atoms with Gasteiger partial charge in [-0.15, -0.1) is 0 Å². The molecule has 78 valence electrons. The number of rotatable bonds is 4. The SMILES string of the molecule is CCC(C)CN(C)c1ccc(N)nc1. The number of hydrogen-bond acceptors (Lipinski definition) is 3. The minimum atomic E-state index is 0.575. The molecule has 0 bridgehead atoms. The van der Waals surface area contributed by atoms with E-state index in [1.54, 1.807) is 0 Å². The number of nitrogen functional groups attached to an aromatic ring is 1. The molecule has 1 rings (SSSR count). The summed E-state index contributed by atoms with van der Waals surface area (Å²) in [5, 5.41) is 0. The van der Waals surface area contributed by atoms with Crippen molar-refractivity contribution >= 4 is 11.5 Å². The first kappa shape index (κ1) is 10.8. The molecule has 0 amide bonds. The second-order valence-corrected chi connectivity index (χ2v) is 3.84. The molecule has 3 nitrogen and oxygen atoms in total. The molecule has 0 aliphatic heterocycles. The molecule has 3 heteroatoms. The molecule has 0 aliphatic rings. The highest BCUT2D eigenvalue weighted by Crippen LogP contribution is 2.14. The van der Waals surface area contributed by atoms with Crippen LogP contribution in [0.1, 0.15) is 20.3 Å². The first-order valence-corrected chi connectivity index (χ1v) is 5.06. The number of hydrogen-bond donors (Lipinski definition) is 1. The van der Waals surface area contributed by atoms with E-state index >= 15 is 0 Å². The highest BCUT2D eigenvalue weighted by Gasteiger charge is 2.05. The standard InChI is InChI=1S/C11H19N3/c1-4-9(2)8-14(3)10-5-6-11(12)13-7-10/h5-7,9H,4,8H2,1-3H3,(H2,12,13). The van der Waals surface area contributed by atoms with Crippen molar-refractivity contribution in [2.75, 3.05) is 24.2 Å². The lowest BCUT2D eigenvalue weighted by atomic mass is 10.1. The second-order valence-electron chi connectivity index (χ2n) is 3.84. The molecule has 0 spiro atoms. The van der Waals surface area contributed by atoms with Crippen molar-refractivity contribution < 1.29 is 0 Å². The third kappa shape index (κ3) is 2.91. The molecule has 14 heavy (non-hydrogen) atoms. The molecule has 1 atom stereocenters. The summed E-state index contributed by atoms with van der Waals surface area (Å²) in [7, 11) is 2.08. The van der Waals surface area contributed by atoms with E-state index in [1.165, 1.54) is 6.42 Å². The van der Waals surface area contributed by atoms with Crippen molar-refractivity contribution in [1.82, 2.24) is 4.98 Å². The first-order valence-electron chi connectivity index (χ1n) is 5.06. The van der Waals surface area contributed by atoms with Gasteiger partial charge in [-0.2, -0.15) is 0 Å². The van der Waals surface area contributed by atoms with Gasteiger partial charge in [-0.25, -0.2) is 4.98 Å². The van der Waals surface area contributed by atoms with Crippen LogP contribution in [0.3, 0.4) is 0 Å². The van der Waals surface area contributed by atoms with Crippen LogP contribution in [0.2, 0.25) is 0 Å². The maximum atomic E-state index is 5.52. The molecular formula is C11H19N3. The van der Waals surface area contributed by atoms with E-state index in [0.29, 0.717) is 11.7 Å². The number of aromatic nitrogens is 1. The summed E-state index contributed by atoms with van der Waals surface area (Å²) >= 11 is 0. The van der Waals surface area contributed by atoms with Crippen LogP contribution in [0.5, 0.6) is 0 Å². The van der Waals surface area contributed by atoms with Crippen LogP contribution in [0.4, 0.5) is 11.5 Å². The molecule has 0 aromatic carbocycles. The van der Waals surface area contributed by atoms with Crippen LogP contribution >= 0.6 is 0 Å². The minimum Gasteiger partial charge on any atom is -0.384 e. The zero-order valence-corrected chi connectivity index (χ0v) is 9.20. The van der Waals surface area contributed by atoms with Crippen molar-refractivity contribution in [3.8, 4) is 0 Å². The Kier molecular flexibility index (Phi) is 3.74. The van der Waals surface area contributed by atoms with Crippen molar-refractivity contribution in [2.24, 2.45) is 5.92 Å². The summed E-state index contributed by atoms with van der Waals surface area (Å²) in [4.78, 5) is 6.28. The number of nitrogens with zero attached hydrogens (tertiary/aromatic N) is 2. The van der Waals surface area contributed by atoms with E-state index in [0.717, 1.165) is 12.2 Å². The summed E-state index contributed by atoms with van der Waals surface area (Å²) < 4.78 is 0. The minimum absolute atomic E-state index is 0.575. The Morgan fingerprint density at radius 2 is 2.21 bits per heavy atom. The first-order chi connectivity index (χ1) is 6.63. The average molecular weight is 193 g/mol. The normalized spacial score (nSPS) is 12.5. The monoisotopic (exact) mass is 193 g/mol. The van der Waals surface area contributed by atoms with E-state index in [9.17, 15) is 0 Å². The highest BCUT2D eigenvalue weighted by molar-refractivity contribution is 5.47. The smallest absolute Gasteiger partial charge is 0.123 e. The quantitative estimate of drug-likeness (QED) is 0.796. The van der Waals surface area contributed by atoms with E-state index in [2.05, 4.69) is 30.8 Å². The molecule has 1 heterocycles. The lowest BCUT2D eigenvalue weighted by molar-refractivity contribution is 0.559.